The van der Waals surface area contributed by atoms with Crippen LogP contribution >= 0.6 is 0 Å². The molecule has 0 aliphatic rings. The molecule has 2 aromatic rings. The normalized spacial score (nSPS) is 13.4. The Morgan fingerprint density at radius 1 is 1.10 bits per heavy atom. The molecule has 0 aromatic heterocycles. The third-order valence-electron chi connectivity index (χ3n) is 4.90. The molecule has 0 aliphatic carbocycles. The Morgan fingerprint density at radius 2 is 1.77 bits per heavy atom. The Balaban J connectivity index is 2.19. The summed E-state index contributed by atoms with van der Waals surface area (Å²) in [5, 5.41) is 2.91. The first-order chi connectivity index (χ1) is 14.0. The van der Waals surface area contributed by atoms with Crippen LogP contribution < -0.4 is 14.4 Å². The maximum absolute atomic E-state index is 13.0. The smallest absolute Gasteiger partial charge is 0.244 e. The molecule has 0 spiro atoms. The van der Waals surface area contributed by atoms with Gasteiger partial charge in [0.25, 0.3) is 0 Å². The van der Waals surface area contributed by atoms with Crippen molar-refractivity contribution in [3.05, 3.63) is 59.2 Å². The van der Waals surface area contributed by atoms with Gasteiger partial charge in [-0.3, -0.25) is 9.10 Å². The summed E-state index contributed by atoms with van der Waals surface area (Å²) >= 11 is 0. The average molecular weight is 433 g/mol. The average Bonchev–Trinajstić information content (AvgIpc) is 2.66. The van der Waals surface area contributed by atoms with Crippen molar-refractivity contribution in [3.8, 4) is 5.75 Å². The fourth-order valence-electron chi connectivity index (χ4n) is 3.31. The lowest BCUT2D eigenvalue weighted by Crippen LogP contribution is -2.52. The van der Waals surface area contributed by atoms with Crippen molar-refractivity contribution in [3.63, 3.8) is 0 Å². The van der Waals surface area contributed by atoms with Crippen LogP contribution in [-0.4, -0.2) is 39.3 Å². The van der Waals surface area contributed by atoms with Crippen molar-refractivity contribution in [2.45, 2.75) is 53.1 Å². The molecule has 2 rings (SSSR count). The van der Waals surface area contributed by atoms with Gasteiger partial charge in [-0.25, -0.2) is 8.42 Å². The molecule has 0 unspecified atom stereocenters. The molecule has 0 radical (unpaired) electrons. The minimum Gasteiger partial charge on any atom is -0.491 e. The van der Waals surface area contributed by atoms with Crippen LogP contribution in [-0.2, 0) is 14.8 Å². The number of nitrogens with one attached hydrogen (secondary N) is 1. The van der Waals surface area contributed by atoms with Gasteiger partial charge in [0, 0.05) is 0 Å². The van der Waals surface area contributed by atoms with E-state index in [1.165, 1.54) is 4.31 Å². The highest BCUT2D eigenvalue weighted by atomic mass is 32.2. The maximum Gasteiger partial charge on any atom is 0.244 e. The van der Waals surface area contributed by atoms with Gasteiger partial charge >= 0.3 is 0 Å². The molecule has 6 nitrogen and oxygen atoms in total. The third-order valence-corrected chi connectivity index (χ3v) is 6.07. The molecule has 164 valence electrons. The molecule has 2 aromatic carbocycles. The van der Waals surface area contributed by atoms with E-state index < -0.39 is 16.1 Å². The van der Waals surface area contributed by atoms with E-state index >= 15 is 0 Å². The van der Waals surface area contributed by atoms with E-state index in [1.54, 1.807) is 6.07 Å². The van der Waals surface area contributed by atoms with Gasteiger partial charge in [0.1, 0.15) is 18.4 Å². The fraction of sp³-hybridized carbons (Fsp3) is 0.435. The van der Waals surface area contributed by atoms with Crippen LogP contribution in [0.1, 0.15) is 37.0 Å². The fourth-order valence-corrected chi connectivity index (χ4v) is 4.57. The van der Waals surface area contributed by atoms with Gasteiger partial charge < -0.3 is 10.1 Å². The molecular formula is C23H32N2O4S. The minimum absolute atomic E-state index is 0.286. The number of benzene rings is 2. The van der Waals surface area contributed by atoms with E-state index in [2.05, 4.69) is 5.32 Å². The molecule has 0 fully saturated rings. The van der Waals surface area contributed by atoms with Gasteiger partial charge in [-0.1, -0.05) is 37.3 Å². The maximum atomic E-state index is 13.0. The van der Waals surface area contributed by atoms with Crippen molar-refractivity contribution >= 4 is 21.6 Å². The van der Waals surface area contributed by atoms with Crippen LogP contribution in [0.2, 0.25) is 0 Å². The zero-order chi connectivity index (χ0) is 22.5. The summed E-state index contributed by atoms with van der Waals surface area (Å²) in [6.45, 7) is 9.63. The lowest BCUT2D eigenvalue weighted by atomic mass is 10.1. The number of hydrogen-bond donors (Lipinski definition) is 1. The number of para-hydroxylation sites is 1. The van der Waals surface area contributed by atoms with E-state index in [0.717, 1.165) is 28.7 Å². The number of hydrogen-bond acceptors (Lipinski definition) is 4. The second-order valence-corrected chi connectivity index (χ2v) is 9.62. The number of aryl methyl sites for hydroxylation is 3. The Bertz CT molecular complexity index is 988. The van der Waals surface area contributed by atoms with Gasteiger partial charge in [0.15, 0.2) is 0 Å². The first-order valence-corrected chi connectivity index (χ1v) is 11.9. The second kappa shape index (κ2) is 9.98. The molecule has 2 atom stereocenters. The van der Waals surface area contributed by atoms with E-state index in [1.807, 2.05) is 71.0 Å². The Morgan fingerprint density at radius 3 is 2.37 bits per heavy atom. The molecule has 0 aliphatic heterocycles. The molecule has 0 saturated carbocycles. The molecular weight excluding hydrogens is 400 g/mol. The Labute approximate surface area is 180 Å². The molecule has 1 N–H and O–H groups in total. The lowest BCUT2D eigenvalue weighted by Gasteiger charge is -2.32. The summed E-state index contributed by atoms with van der Waals surface area (Å²) in [4.78, 5) is 13.0. The minimum atomic E-state index is -3.67. The van der Waals surface area contributed by atoms with Gasteiger partial charge in [0.05, 0.1) is 18.0 Å². The molecule has 0 saturated heterocycles. The SMILES string of the molecule is CC[C@H](C(=O)N[C@H](C)COc1ccccc1C)N(c1cc(C)ccc1C)S(C)(=O)=O. The first-order valence-electron chi connectivity index (χ1n) is 10.1. The van der Waals surface area contributed by atoms with E-state index in [4.69, 9.17) is 4.74 Å². The molecule has 7 heteroatoms. The monoisotopic (exact) mass is 432 g/mol. The molecule has 0 heterocycles. The number of carbonyl (C=O) groups is 1. The van der Waals surface area contributed by atoms with E-state index in [9.17, 15) is 13.2 Å². The van der Waals surface area contributed by atoms with Gasteiger partial charge in [0.2, 0.25) is 15.9 Å². The highest BCUT2D eigenvalue weighted by molar-refractivity contribution is 7.92. The van der Waals surface area contributed by atoms with Crippen LogP contribution in [0, 0.1) is 20.8 Å². The topological polar surface area (TPSA) is 75.7 Å². The highest BCUT2D eigenvalue weighted by Gasteiger charge is 2.33. The summed E-state index contributed by atoms with van der Waals surface area (Å²) < 4.78 is 32.4. The Kier molecular flexibility index (Phi) is 7.89. The van der Waals surface area contributed by atoms with E-state index in [-0.39, 0.29) is 18.6 Å². The number of anilines is 1. The zero-order valence-corrected chi connectivity index (χ0v) is 19.4. The number of amides is 1. The first kappa shape index (κ1) is 23.7. The number of nitrogens with zero attached hydrogens (tertiary/aromatic N) is 1. The van der Waals surface area contributed by atoms with Gasteiger partial charge in [-0.2, -0.15) is 0 Å². The predicted octanol–water partition coefficient (Wildman–Crippen LogP) is 3.74. The third kappa shape index (κ3) is 5.98. The van der Waals surface area contributed by atoms with Crippen molar-refractivity contribution < 1.29 is 17.9 Å². The predicted molar refractivity (Wildman–Crippen MR) is 122 cm³/mol. The standard InChI is InChI=1S/C23H32N2O4S/c1-7-20(25(30(6,27)28)21-14-16(2)12-13-17(21)3)23(26)24-19(5)15-29-22-11-9-8-10-18(22)4/h8-14,19-20H,7,15H2,1-6H3,(H,24,26)/t19-,20-/m1/s1. The number of ether oxygens (including phenoxy) is 1. The summed E-state index contributed by atoms with van der Waals surface area (Å²) in [6.07, 6.45) is 1.48. The van der Waals surface area contributed by atoms with Crippen molar-refractivity contribution in [2.24, 2.45) is 0 Å². The molecule has 1 amide bonds. The quantitative estimate of drug-likeness (QED) is 0.655. The van der Waals surface area contributed by atoms with Crippen molar-refractivity contribution in [2.75, 3.05) is 17.2 Å². The van der Waals surface area contributed by atoms with Crippen LogP contribution in [0.4, 0.5) is 5.69 Å². The van der Waals surface area contributed by atoms with Crippen LogP contribution in [0.3, 0.4) is 0 Å². The summed E-state index contributed by atoms with van der Waals surface area (Å²) in [6, 6.07) is 12.1. The zero-order valence-electron chi connectivity index (χ0n) is 18.6. The van der Waals surface area contributed by atoms with Crippen LogP contribution in [0.15, 0.2) is 42.5 Å². The van der Waals surface area contributed by atoms with Crippen LogP contribution in [0.25, 0.3) is 0 Å². The van der Waals surface area contributed by atoms with Gasteiger partial charge in [-0.15, -0.1) is 0 Å². The largest absolute Gasteiger partial charge is 0.491 e. The lowest BCUT2D eigenvalue weighted by molar-refractivity contribution is -0.123. The summed E-state index contributed by atoms with van der Waals surface area (Å²) in [5.41, 5.74) is 3.27. The second-order valence-electron chi connectivity index (χ2n) is 7.76. The van der Waals surface area contributed by atoms with Gasteiger partial charge in [-0.05, 0) is 62.9 Å². The molecule has 0 bridgehead atoms. The highest BCUT2D eigenvalue weighted by Crippen LogP contribution is 2.27. The number of sulfonamides is 1. The van der Waals surface area contributed by atoms with Crippen LogP contribution in [0.5, 0.6) is 5.75 Å². The van der Waals surface area contributed by atoms with E-state index in [0.29, 0.717) is 12.1 Å². The molecule has 30 heavy (non-hydrogen) atoms. The summed E-state index contributed by atoms with van der Waals surface area (Å²) in [7, 11) is -3.67. The summed E-state index contributed by atoms with van der Waals surface area (Å²) in [5.74, 6) is 0.420. The van der Waals surface area contributed by atoms with Crippen molar-refractivity contribution in [1.29, 1.82) is 0 Å². The number of carbonyl (C=O) groups excluding carboxylic acids is 1. The van der Waals surface area contributed by atoms with Crippen molar-refractivity contribution in [1.82, 2.24) is 5.32 Å². The number of rotatable bonds is 9. The Hall–Kier alpha value is -2.54.